The Morgan fingerprint density at radius 2 is 2.14 bits per heavy atom. The van der Waals surface area contributed by atoms with Crippen molar-refractivity contribution in [3.05, 3.63) is 53.3 Å². The summed E-state index contributed by atoms with van der Waals surface area (Å²) in [6.45, 7) is 2.24. The van der Waals surface area contributed by atoms with Crippen LogP contribution < -0.4 is 15.2 Å². The topological polar surface area (TPSA) is 81.2 Å². The fourth-order valence-electron chi connectivity index (χ4n) is 1.93. The predicted molar refractivity (Wildman–Crippen MR) is 78.9 cm³/mol. The largest absolute Gasteiger partial charge is 0.497 e. The van der Waals surface area contributed by atoms with Gasteiger partial charge < -0.3 is 15.2 Å². The minimum Gasteiger partial charge on any atom is -0.497 e. The monoisotopic (exact) mass is 283 g/mol. The van der Waals surface area contributed by atoms with E-state index in [-0.39, 0.29) is 6.04 Å². The Morgan fingerprint density at radius 3 is 2.81 bits per heavy atom. The molecule has 1 aromatic carbocycles. The van der Waals surface area contributed by atoms with Crippen molar-refractivity contribution in [2.24, 2.45) is 5.73 Å². The average molecular weight is 283 g/mol. The lowest BCUT2D eigenvalue weighted by Gasteiger charge is -2.15. The Bertz CT molecular complexity index is 663. The smallest absolute Gasteiger partial charge is 0.140 e. The van der Waals surface area contributed by atoms with E-state index in [1.54, 1.807) is 19.4 Å². The number of nitrogens with two attached hydrogens (primary N) is 1. The summed E-state index contributed by atoms with van der Waals surface area (Å²) in [6.07, 6.45) is 1.59. The van der Waals surface area contributed by atoms with Gasteiger partial charge in [0, 0.05) is 23.9 Å². The second-order valence-corrected chi connectivity index (χ2v) is 4.64. The fourth-order valence-corrected chi connectivity index (χ4v) is 1.93. The molecule has 5 heteroatoms. The first-order valence-corrected chi connectivity index (χ1v) is 6.55. The van der Waals surface area contributed by atoms with Gasteiger partial charge in [0.2, 0.25) is 0 Å². The summed E-state index contributed by atoms with van der Waals surface area (Å²) in [5.41, 5.74) is 8.10. The van der Waals surface area contributed by atoms with Crippen LogP contribution in [0.3, 0.4) is 0 Å². The number of pyridine rings is 1. The summed E-state index contributed by atoms with van der Waals surface area (Å²) in [5.74, 6) is 1.39. The van der Waals surface area contributed by atoms with Crippen LogP contribution in [0.5, 0.6) is 11.5 Å². The van der Waals surface area contributed by atoms with Gasteiger partial charge in [-0.2, -0.15) is 5.26 Å². The maximum atomic E-state index is 8.85. The molecule has 0 amide bonds. The molecule has 0 bridgehead atoms. The fraction of sp³-hybridized carbons (Fsp3) is 0.250. The molecule has 2 aromatic rings. The average Bonchev–Trinajstić information content (AvgIpc) is 2.52. The summed E-state index contributed by atoms with van der Waals surface area (Å²) in [4.78, 5) is 3.93. The minimum atomic E-state index is -0.141. The molecule has 0 aliphatic carbocycles. The van der Waals surface area contributed by atoms with Crippen molar-refractivity contribution < 1.29 is 9.47 Å². The standard InChI is InChI=1S/C16H17N3O2/c1-11(18)15-4-3-14(20-2)8-16(15)21-10-12-5-6-19-13(7-12)9-17/h3-8,11H,10,18H2,1-2H3/t11-/m0/s1. The molecule has 0 saturated carbocycles. The van der Waals surface area contributed by atoms with Gasteiger partial charge in [0.25, 0.3) is 0 Å². The molecular formula is C16H17N3O2. The van der Waals surface area contributed by atoms with E-state index in [1.807, 2.05) is 37.3 Å². The zero-order valence-electron chi connectivity index (χ0n) is 12.0. The molecule has 0 spiro atoms. The summed E-state index contributed by atoms with van der Waals surface area (Å²) in [7, 11) is 1.60. The lowest BCUT2D eigenvalue weighted by molar-refractivity contribution is 0.298. The zero-order valence-corrected chi connectivity index (χ0v) is 12.0. The number of nitriles is 1. The number of aromatic nitrogens is 1. The summed E-state index contributed by atoms with van der Waals surface area (Å²) in [5, 5.41) is 8.85. The van der Waals surface area contributed by atoms with E-state index in [9.17, 15) is 0 Å². The van der Waals surface area contributed by atoms with Crippen molar-refractivity contribution in [1.82, 2.24) is 4.98 Å². The van der Waals surface area contributed by atoms with Gasteiger partial charge in [-0.3, -0.25) is 0 Å². The highest BCUT2D eigenvalue weighted by atomic mass is 16.5. The second kappa shape index (κ2) is 6.73. The molecule has 5 nitrogen and oxygen atoms in total. The molecule has 0 unspecified atom stereocenters. The summed E-state index contributed by atoms with van der Waals surface area (Å²) >= 11 is 0. The van der Waals surface area contributed by atoms with Gasteiger partial charge >= 0.3 is 0 Å². The van der Waals surface area contributed by atoms with E-state index in [0.29, 0.717) is 23.8 Å². The van der Waals surface area contributed by atoms with Crippen LogP contribution in [0.4, 0.5) is 0 Å². The number of nitrogens with zero attached hydrogens (tertiary/aromatic N) is 2. The number of rotatable bonds is 5. The number of methoxy groups -OCH3 is 1. The van der Waals surface area contributed by atoms with Crippen molar-refractivity contribution in [3.63, 3.8) is 0 Å². The first-order chi connectivity index (χ1) is 10.1. The summed E-state index contributed by atoms with van der Waals surface area (Å²) in [6, 6.07) is 10.9. The predicted octanol–water partition coefficient (Wildman–Crippen LogP) is 2.56. The number of ether oxygens (including phenoxy) is 2. The molecule has 0 fully saturated rings. The highest BCUT2D eigenvalue weighted by molar-refractivity contribution is 5.42. The van der Waals surface area contributed by atoms with E-state index in [4.69, 9.17) is 20.5 Å². The SMILES string of the molecule is COc1ccc([C@H](C)N)c(OCc2ccnc(C#N)c2)c1. The van der Waals surface area contributed by atoms with Crippen molar-refractivity contribution in [1.29, 1.82) is 5.26 Å². The molecule has 1 aromatic heterocycles. The van der Waals surface area contributed by atoms with Gasteiger partial charge in [0.1, 0.15) is 29.9 Å². The highest BCUT2D eigenvalue weighted by Gasteiger charge is 2.10. The van der Waals surface area contributed by atoms with Crippen LogP contribution in [0.1, 0.15) is 29.8 Å². The van der Waals surface area contributed by atoms with Crippen LogP contribution in [0, 0.1) is 11.3 Å². The van der Waals surface area contributed by atoms with Crippen molar-refractivity contribution in [2.45, 2.75) is 19.6 Å². The van der Waals surface area contributed by atoms with Gasteiger partial charge in [-0.05, 0) is 30.7 Å². The molecule has 2 N–H and O–H groups in total. The van der Waals surface area contributed by atoms with Gasteiger partial charge in [-0.15, -0.1) is 0 Å². The third kappa shape index (κ3) is 3.71. The van der Waals surface area contributed by atoms with Crippen LogP contribution in [-0.2, 0) is 6.61 Å². The highest BCUT2D eigenvalue weighted by Crippen LogP contribution is 2.29. The van der Waals surface area contributed by atoms with Gasteiger partial charge in [0.05, 0.1) is 7.11 Å². The Labute approximate surface area is 123 Å². The third-order valence-electron chi connectivity index (χ3n) is 3.04. The van der Waals surface area contributed by atoms with Crippen LogP contribution >= 0.6 is 0 Å². The minimum absolute atomic E-state index is 0.141. The maximum Gasteiger partial charge on any atom is 0.140 e. The molecular weight excluding hydrogens is 266 g/mol. The molecule has 21 heavy (non-hydrogen) atoms. The Kier molecular flexibility index (Phi) is 4.75. The lowest BCUT2D eigenvalue weighted by Crippen LogP contribution is -2.08. The Morgan fingerprint density at radius 1 is 1.33 bits per heavy atom. The second-order valence-electron chi connectivity index (χ2n) is 4.64. The molecule has 0 radical (unpaired) electrons. The normalized spacial score (nSPS) is 11.5. The van der Waals surface area contributed by atoms with Crippen molar-refractivity contribution in [2.75, 3.05) is 7.11 Å². The van der Waals surface area contributed by atoms with Crippen molar-refractivity contribution in [3.8, 4) is 17.6 Å². The van der Waals surface area contributed by atoms with E-state index in [2.05, 4.69) is 4.98 Å². The van der Waals surface area contributed by atoms with E-state index in [1.165, 1.54) is 0 Å². The summed E-state index contributed by atoms with van der Waals surface area (Å²) < 4.78 is 11.0. The van der Waals surface area contributed by atoms with Gasteiger partial charge in [-0.1, -0.05) is 6.07 Å². The molecule has 0 aliphatic heterocycles. The van der Waals surface area contributed by atoms with E-state index < -0.39 is 0 Å². The molecule has 108 valence electrons. The quantitative estimate of drug-likeness (QED) is 0.912. The van der Waals surface area contributed by atoms with Crippen LogP contribution in [0.25, 0.3) is 0 Å². The van der Waals surface area contributed by atoms with Crippen molar-refractivity contribution >= 4 is 0 Å². The first-order valence-electron chi connectivity index (χ1n) is 6.55. The molecule has 0 saturated heterocycles. The van der Waals surface area contributed by atoms with Gasteiger partial charge in [0.15, 0.2) is 0 Å². The molecule has 0 aliphatic rings. The number of hydrogen-bond donors (Lipinski definition) is 1. The van der Waals surface area contributed by atoms with E-state index >= 15 is 0 Å². The Hall–Kier alpha value is -2.58. The zero-order chi connectivity index (χ0) is 15.2. The van der Waals surface area contributed by atoms with Crippen LogP contribution in [-0.4, -0.2) is 12.1 Å². The number of benzene rings is 1. The maximum absolute atomic E-state index is 8.85. The third-order valence-corrected chi connectivity index (χ3v) is 3.04. The molecule has 1 atom stereocenters. The van der Waals surface area contributed by atoms with Crippen LogP contribution in [0.2, 0.25) is 0 Å². The lowest BCUT2D eigenvalue weighted by atomic mass is 10.1. The molecule has 2 rings (SSSR count). The van der Waals surface area contributed by atoms with E-state index in [0.717, 1.165) is 11.1 Å². The number of hydrogen-bond acceptors (Lipinski definition) is 5. The molecule has 1 heterocycles. The Balaban J connectivity index is 2.20. The van der Waals surface area contributed by atoms with Gasteiger partial charge in [-0.25, -0.2) is 4.98 Å². The van der Waals surface area contributed by atoms with Crippen LogP contribution in [0.15, 0.2) is 36.5 Å². The first kappa shape index (κ1) is 14.8.